The number of benzene rings is 2. The van der Waals surface area contributed by atoms with Gasteiger partial charge in [0.15, 0.2) is 5.75 Å². The lowest BCUT2D eigenvalue weighted by Gasteiger charge is -2.28. The molecule has 3 heterocycles. The van der Waals surface area contributed by atoms with Crippen LogP contribution in [0.2, 0.25) is 10.0 Å². The van der Waals surface area contributed by atoms with Crippen LogP contribution < -0.4 is 20.0 Å². The third-order valence-corrected chi connectivity index (χ3v) is 5.88. The topological polar surface area (TPSA) is 87.1 Å². The highest BCUT2D eigenvalue weighted by atomic mass is 35.5. The molecular formula is C24H17Cl2N5O3. The highest BCUT2D eigenvalue weighted by Crippen LogP contribution is 2.40. The van der Waals surface area contributed by atoms with E-state index in [1.807, 2.05) is 18.2 Å². The summed E-state index contributed by atoms with van der Waals surface area (Å²) in [4.78, 5) is 31.1. The maximum absolute atomic E-state index is 13.0. The molecule has 1 aromatic heterocycles. The standard InChI is InChI=1S/C24H17Cl2N5O3/c1-14-13-28-31(24(33)29-14)16-11-19(25)22(20(26)12-16)34-17-5-6-18-15(10-17)7-9-30(23(18)32)21-4-2-3-8-27-21/h2-6,8,10-13H,1,7,9H2,(H,29,33). The smallest absolute Gasteiger partial charge is 0.347 e. The number of pyridine rings is 1. The summed E-state index contributed by atoms with van der Waals surface area (Å²) in [5, 5.41) is 8.11. The number of nitrogens with one attached hydrogen (secondary N) is 1. The Morgan fingerprint density at radius 3 is 2.56 bits per heavy atom. The number of ether oxygens (including phenoxy) is 1. The van der Waals surface area contributed by atoms with E-state index in [0.29, 0.717) is 41.5 Å². The molecule has 0 aliphatic carbocycles. The number of hydrogen-bond acceptors (Lipinski definition) is 5. The van der Waals surface area contributed by atoms with Gasteiger partial charge < -0.3 is 10.1 Å². The molecule has 0 atom stereocenters. The van der Waals surface area contributed by atoms with Crippen LogP contribution in [0.3, 0.4) is 0 Å². The van der Waals surface area contributed by atoms with E-state index in [-0.39, 0.29) is 21.7 Å². The van der Waals surface area contributed by atoms with Crippen LogP contribution in [0.5, 0.6) is 11.5 Å². The van der Waals surface area contributed by atoms with Gasteiger partial charge in [-0.15, -0.1) is 0 Å². The van der Waals surface area contributed by atoms with Crippen molar-refractivity contribution in [2.75, 3.05) is 16.5 Å². The maximum atomic E-state index is 13.0. The summed E-state index contributed by atoms with van der Waals surface area (Å²) < 4.78 is 5.97. The third-order valence-electron chi connectivity index (χ3n) is 5.32. The van der Waals surface area contributed by atoms with Crippen molar-refractivity contribution in [2.45, 2.75) is 6.42 Å². The predicted molar refractivity (Wildman–Crippen MR) is 131 cm³/mol. The molecule has 8 nitrogen and oxygen atoms in total. The number of rotatable bonds is 4. The molecule has 170 valence electrons. The van der Waals surface area contributed by atoms with Crippen LogP contribution in [0.4, 0.5) is 16.3 Å². The molecule has 0 unspecified atom stereocenters. The molecule has 10 heteroatoms. The summed E-state index contributed by atoms with van der Waals surface area (Å²) >= 11 is 12.9. The van der Waals surface area contributed by atoms with Crippen molar-refractivity contribution in [3.05, 3.63) is 88.2 Å². The number of carbonyl (C=O) groups excluding carboxylic acids is 2. The minimum atomic E-state index is -0.479. The molecule has 34 heavy (non-hydrogen) atoms. The number of halogens is 2. The van der Waals surface area contributed by atoms with Crippen LogP contribution in [0.25, 0.3) is 0 Å². The molecule has 0 radical (unpaired) electrons. The predicted octanol–water partition coefficient (Wildman–Crippen LogP) is 5.41. The summed E-state index contributed by atoms with van der Waals surface area (Å²) in [6.45, 7) is 4.14. The Morgan fingerprint density at radius 2 is 1.85 bits per heavy atom. The van der Waals surface area contributed by atoms with Crippen molar-refractivity contribution in [1.29, 1.82) is 0 Å². The summed E-state index contributed by atoms with van der Waals surface area (Å²) in [5.41, 5.74) is 2.20. The Kier molecular flexibility index (Phi) is 5.69. The lowest BCUT2D eigenvalue weighted by molar-refractivity contribution is 0.0980. The number of carbonyl (C=O) groups is 2. The van der Waals surface area contributed by atoms with E-state index in [1.165, 1.54) is 18.3 Å². The molecule has 3 amide bonds. The molecule has 0 saturated carbocycles. The van der Waals surface area contributed by atoms with Crippen LogP contribution >= 0.6 is 23.2 Å². The molecule has 2 aromatic carbocycles. The number of anilines is 2. The van der Waals surface area contributed by atoms with Gasteiger partial charge in [0.25, 0.3) is 5.91 Å². The largest absolute Gasteiger partial charge is 0.454 e. The van der Waals surface area contributed by atoms with Gasteiger partial charge in [0.05, 0.1) is 27.6 Å². The quantitative estimate of drug-likeness (QED) is 0.525. The average Bonchev–Trinajstić information content (AvgIpc) is 2.82. The first-order valence-electron chi connectivity index (χ1n) is 10.3. The molecule has 1 N–H and O–H groups in total. The minimum absolute atomic E-state index is 0.116. The first kappa shape index (κ1) is 21.9. The number of fused-ring (bicyclic) bond motifs is 1. The van der Waals surface area contributed by atoms with E-state index in [2.05, 4.69) is 22.0 Å². The van der Waals surface area contributed by atoms with Crippen molar-refractivity contribution in [1.82, 2.24) is 10.3 Å². The van der Waals surface area contributed by atoms with Gasteiger partial charge in [0.2, 0.25) is 0 Å². The van der Waals surface area contributed by atoms with E-state index in [9.17, 15) is 9.59 Å². The number of hydrogen-bond donors (Lipinski definition) is 1. The van der Waals surface area contributed by atoms with Crippen molar-refractivity contribution in [2.24, 2.45) is 5.10 Å². The summed E-state index contributed by atoms with van der Waals surface area (Å²) in [6.07, 6.45) is 3.72. The van der Waals surface area contributed by atoms with Gasteiger partial charge in [-0.3, -0.25) is 9.69 Å². The Morgan fingerprint density at radius 1 is 1.06 bits per heavy atom. The van der Waals surface area contributed by atoms with Crippen molar-refractivity contribution < 1.29 is 14.3 Å². The SMILES string of the molecule is C=C1C=NN(c2cc(Cl)c(Oc3ccc4c(c3)CCN(c3ccccn3)C4=O)c(Cl)c2)C(=O)N1. The number of aromatic nitrogens is 1. The van der Waals surface area contributed by atoms with Crippen molar-refractivity contribution >= 4 is 52.9 Å². The van der Waals surface area contributed by atoms with Gasteiger partial charge in [-0.05, 0) is 54.4 Å². The Hall–Kier alpha value is -3.88. The fraction of sp³-hybridized carbons (Fsp3) is 0.0833. The van der Waals surface area contributed by atoms with Gasteiger partial charge in [-0.2, -0.15) is 10.1 Å². The number of allylic oxidation sites excluding steroid dienone is 1. The highest BCUT2D eigenvalue weighted by Gasteiger charge is 2.27. The maximum Gasteiger partial charge on any atom is 0.347 e. The zero-order valence-corrected chi connectivity index (χ0v) is 19.2. The lowest BCUT2D eigenvalue weighted by Crippen LogP contribution is -2.40. The molecular weight excluding hydrogens is 477 g/mol. The van der Waals surface area contributed by atoms with Crippen LogP contribution in [0.1, 0.15) is 15.9 Å². The Balaban J connectivity index is 1.39. The van der Waals surface area contributed by atoms with Crippen LogP contribution in [0.15, 0.2) is 72.1 Å². The first-order chi connectivity index (χ1) is 16.4. The Bertz CT molecular complexity index is 1340. The molecule has 2 aliphatic heterocycles. The van der Waals surface area contributed by atoms with Gasteiger partial charge in [0.1, 0.15) is 11.6 Å². The second-order valence-electron chi connectivity index (χ2n) is 7.57. The minimum Gasteiger partial charge on any atom is -0.454 e. The van der Waals surface area contributed by atoms with E-state index < -0.39 is 6.03 Å². The first-order valence-corrected chi connectivity index (χ1v) is 11.0. The average molecular weight is 494 g/mol. The van der Waals surface area contributed by atoms with Crippen LogP contribution in [0, 0.1) is 0 Å². The zero-order valence-electron chi connectivity index (χ0n) is 17.7. The summed E-state index contributed by atoms with van der Waals surface area (Å²) in [5.74, 6) is 1.22. The van der Waals surface area contributed by atoms with E-state index >= 15 is 0 Å². The molecule has 3 aromatic rings. The monoisotopic (exact) mass is 493 g/mol. The van der Waals surface area contributed by atoms with E-state index in [0.717, 1.165) is 10.6 Å². The van der Waals surface area contributed by atoms with Crippen molar-refractivity contribution in [3.8, 4) is 11.5 Å². The van der Waals surface area contributed by atoms with Crippen LogP contribution in [-0.4, -0.2) is 29.7 Å². The second-order valence-corrected chi connectivity index (χ2v) is 8.38. The summed E-state index contributed by atoms with van der Waals surface area (Å²) in [6, 6.07) is 13.3. The fourth-order valence-electron chi connectivity index (χ4n) is 3.73. The van der Waals surface area contributed by atoms with Gasteiger partial charge in [0, 0.05) is 18.3 Å². The van der Waals surface area contributed by atoms with Gasteiger partial charge in [-0.25, -0.2) is 9.78 Å². The molecule has 0 spiro atoms. The second kappa shape index (κ2) is 8.81. The normalized spacial score (nSPS) is 15.3. The van der Waals surface area contributed by atoms with E-state index in [1.54, 1.807) is 29.3 Å². The highest BCUT2D eigenvalue weighted by molar-refractivity contribution is 6.37. The molecule has 0 fully saturated rings. The third kappa shape index (κ3) is 4.09. The summed E-state index contributed by atoms with van der Waals surface area (Å²) in [7, 11) is 0. The molecule has 0 saturated heterocycles. The Labute approximate surface area is 205 Å². The molecule has 2 aliphatic rings. The lowest BCUT2D eigenvalue weighted by atomic mass is 9.98. The fourth-order valence-corrected chi connectivity index (χ4v) is 4.28. The number of nitrogens with zero attached hydrogens (tertiary/aromatic N) is 4. The zero-order chi connectivity index (χ0) is 23.8. The van der Waals surface area contributed by atoms with E-state index in [4.69, 9.17) is 27.9 Å². The van der Waals surface area contributed by atoms with Crippen LogP contribution in [-0.2, 0) is 6.42 Å². The van der Waals surface area contributed by atoms with Crippen molar-refractivity contribution in [3.63, 3.8) is 0 Å². The van der Waals surface area contributed by atoms with Gasteiger partial charge in [-0.1, -0.05) is 35.8 Å². The molecule has 0 bridgehead atoms. The molecule has 5 rings (SSSR count). The number of urea groups is 1. The number of amides is 3. The van der Waals surface area contributed by atoms with Gasteiger partial charge >= 0.3 is 6.03 Å². The number of hydrazone groups is 1.